The first kappa shape index (κ1) is 11.7. The van der Waals surface area contributed by atoms with Crippen LogP contribution in [-0.2, 0) is 0 Å². The van der Waals surface area contributed by atoms with Gasteiger partial charge in [-0.2, -0.15) is 13.2 Å². The molecule has 0 aromatic rings. The Morgan fingerprint density at radius 2 is 1.86 bits per heavy atom. The molecular formula is C8H14F3NO2. The van der Waals surface area contributed by atoms with E-state index in [1.54, 1.807) is 0 Å². The summed E-state index contributed by atoms with van der Waals surface area (Å²) in [6.07, 6.45) is -4.25. The van der Waals surface area contributed by atoms with E-state index in [9.17, 15) is 13.2 Å². The molecule has 0 amide bonds. The predicted octanol–water partition coefficient (Wildman–Crippen LogP) is 0.0813. The lowest BCUT2D eigenvalue weighted by molar-refractivity contribution is -0.183. The summed E-state index contributed by atoms with van der Waals surface area (Å²) in [7, 11) is 0. The molecule has 1 aliphatic heterocycles. The number of rotatable bonds is 3. The van der Waals surface area contributed by atoms with Crippen LogP contribution in [0.2, 0.25) is 0 Å². The number of alkyl halides is 3. The molecule has 6 heteroatoms. The highest BCUT2D eigenvalue weighted by Crippen LogP contribution is 2.36. The fraction of sp³-hybridized carbons (Fsp3) is 1.00. The van der Waals surface area contributed by atoms with Crippen molar-refractivity contribution in [2.45, 2.75) is 6.18 Å². The van der Waals surface area contributed by atoms with Gasteiger partial charge < -0.3 is 15.1 Å². The maximum Gasteiger partial charge on any atom is 0.393 e. The Balaban J connectivity index is 2.58. The predicted molar refractivity (Wildman–Crippen MR) is 43.6 cm³/mol. The van der Waals surface area contributed by atoms with Gasteiger partial charge in [0, 0.05) is 32.2 Å². The second kappa shape index (κ2) is 4.46. The molecule has 1 heterocycles. The first-order chi connectivity index (χ1) is 6.49. The third-order valence-corrected chi connectivity index (χ3v) is 2.59. The number of halogens is 3. The maximum atomic E-state index is 12.4. The lowest BCUT2D eigenvalue weighted by atomic mass is 9.97. The van der Waals surface area contributed by atoms with Crippen molar-refractivity contribution in [3.8, 4) is 0 Å². The molecule has 0 aromatic carbocycles. The fourth-order valence-corrected chi connectivity index (χ4v) is 1.84. The molecule has 0 saturated carbocycles. The zero-order valence-corrected chi connectivity index (χ0v) is 7.67. The first-order valence-electron chi connectivity index (χ1n) is 4.49. The van der Waals surface area contributed by atoms with Crippen LogP contribution >= 0.6 is 0 Å². The molecule has 14 heavy (non-hydrogen) atoms. The van der Waals surface area contributed by atoms with Gasteiger partial charge in [0.1, 0.15) is 0 Å². The molecule has 0 spiro atoms. The minimum atomic E-state index is -4.25. The van der Waals surface area contributed by atoms with Crippen LogP contribution in [0.15, 0.2) is 0 Å². The van der Waals surface area contributed by atoms with Crippen molar-refractivity contribution in [2.24, 2.45) is 11.8 Å². The van der Waals surface area contributed by atoms with E-state index in [-0.39, 0.29) is 26.2 Å². The highest BCUT2D eigenvalue weighted by Gasteiger charge is 2.49. The summed E-state index contributed by atoms with van der Waals surface area (Å²) in [6, 6.07) is 0. The van der Waals surface area contributed by atoms with Gasteiger partial charge in [0.15, 0.2) is 0 Å². The van der Waals surface area contributed by atoms with Crippen LogP contribution in [0.1, 0.15) is 0 Å². The van der Waals surface area contributed by atoms with Crippen molar-refractivity contribution in [3.05, 3.63) is 0 Å². The third-order valence-electron chi connectivity index (χ3n) is 2.59. The van der Waals surface area contributed by atoms with Crippen LogP contribution in [0, 0.1) is 11.8 Å². The first-order valence-corrected chi connectivity index (χ1v) is 4.49. The maximum absolute atomic E-state index is 12.4. The number of hydrogen-bond acceptors (Lipinski definition) is 3. The molecule has 84 valence electrons. The van der Waals surface area contributed by atoms with E-state index in [1.165, 1.54) is 4.90 Å². The highest BCUT2D eigenvalue weighted by molar-refractivity contribution is 4.87. The number of β-amino-alcohol motifs (C(OH)–C–C–N with tert-alkyl or cyclic N) is 1. The van der Waals surface area contributed by atoms with E-state index in [0.717, 1.165) is 0 Å². The Hall–Kier alpha value is -0.330. The van der Waals surface area contributed by atoms with Gasteiger partial charge in [-0.1, -0.05) is 0 Å². The van der Waals surface area contributed by atoms with Gasteiger partial charge in [0.25, 0.3) is 0 Å². The van der Waals surface area contributed by atoms with E-state index in [2.05, 4.69) is 0 Å². The molecule has 1 fully saturated rings. The summed E-state index contributed by atoms with van der Waals surface area (Å²) in [4.78, 5) is 1.53. The Morgan fingerprint density at radius 1 is 1.21 bits per heavy atom. The zero-order valence-electron chi connectivity index (χ0n) is 7.67. The number of nitrogens with zero attached hydrogens (tertiary/aromatic N) is 1. The van der Waals surface area contributed by atoms with Gasteiger partial charge in [0.2, 0.25) is 0 Å². The van der Waals surface area contributed by atoms with Crippen LogP contribution in [0.25, 0.3) is 0 Å². The van der Waals surface area contributed by atoms with E-state index in [4.69, 9.17) is 10.2 Å². The monoisotopic (exact) mass is 213 g/mol. The van der Waals surface area contributed by atoms with Crippen molar-refractivity contribution in [2.75, 3.05) is 32.8 Å². The van der Waals surface area contributed by atoms with Gasteiger partial charge in [-0.25, -0.2) is 0 Å². The summed E-state index contributed by atoms with van der Waals surface area (Å²) in [5.41, 5.74) is 0. The average molecular weight is 213 g/mol. The number of aliphatic hydroxyl groups is 2. The standard InChI is InChI=1S/C8H14F3NO2/c9-8(10,11)7-4-12(1-2-13)3-6(7)5-14/h6-7,13-14H,1-5H2/t6-,7+/m0/s1. The molecule has 0 aromatic heterocycles. The quantitative estimate of drug-likeness (QED) is 0.698. The van der Waals surface area contributed by atoms with E-state index in [1.807, 2.05) is 0 Å². The molecule has 0 radical (unpaired) electrons. The van der Waals surface area contributed by atoms with Crippen LogP contribution in [0.5, 0.6) is 0 Å². The van der Waals surface area contributed by atoms with Crippen molar-refractivity contribution in [1.29, 1.82) is 0 Å². The summed E-state index contributed by atoms with van der Waals surface area (Å²) in [6.45, 7) is -0.269. The van der Waals surface area contributed by atoms with E-state index in [0.29, 0.717) is 0 Å². The highest BCUT2D eigenvalue weighted by atomic mass is 19.4. The summed E-state index contributed by atoms with van der Waals surface area (Å²) in [5.74, 6) is -2.21. The fourth-order valence-electron chi connectivity index (χ4n) is 1.84. The SMILES string of the molecule is OCCN1C[C@@H](CO)[C@H](C(F)(F)F)C1. The third kappa shape index (κ3) is 2.59. The summed E-state index contributed by atoms with van der Waals surface area (Å²) in [5, 5.41) is 17.4. The zero-order chi connectivity index (χ0) is 10.8. The normalized spacial score (nSPS) is 29.8. The van der Waals surface area contributed by atoms with E-state index >= 15 is 0 Å². The number of likely N-dealkylation sites (tertiary alicyclic amines) is 1. The van der Waals surface area contributed by atoms with Crippen LogP contribution in [0.4, 0.5) is 13.2 Å². The van der Waals surface area contributed by atoms with Crippen molar-refractivity contribution < 1.29 is 23.4 Å². The molecule has 3 nitrogen and oxygen atoms in total. The molecule has 2 N–H and O–H groups in total. The second-order valence-corrected chi connectivity index (χ2v) is 3.57. The van der Waals surface area contributed by atoms with E-state index < -0.39 is 24.6 Å². The summed E-state index contributed by atoms with van der Waals surface area (Å²) >= 11 is 0. The van der Waals surface area contributed by atoms with Crippen LogP contribution in [-0.4, -0.2) is 54.1 Å². The minimum absolute atomic E-state index is 0.116. The molecule has 1 aliphatic rings. The Labute approximate surface area is 80.1 Å². The largest absolute Gasteiger partial charge is 0.396 e. The number of hydrogen-bond donors (Lipinski definition) is 2. The van der Waals surface area contributed by atoms with Crippen molar-refractivity contribution in [3.63, 3.8) is 0 Å². The van der Waals surface area contributed by atoms with Gasteiger partial charge >= 0.3 is 6.18 Å². The smallest absolute Gasteiger partial charge is 0.393 e. The van der Waals surface area contributed by atoms with Gasteiger partial charge in [-0.15, -0.1) is 0 Å². The molecule has 0 bridgehead atoms. The minimum Gasteiger partial charge on any atom is -0.396 e. The lowest BCUT2D eigenvalue weighted by Crippen LogP contribution is -2.31. The average Bonchev–Trinajstić information content (AvgIpc) is 2.47. The number of aliphatic hydroxyl groups excluding tert-OH is 2. The molecule has 1 saturated heterocycles. The van der Waals surface area contributed by atoms with Crippen molar-refractivity contribution >= 4 is 0 Å². The molecular weight excluding hydrogens is 199 g/mol. The second-order valence-electron chi connectivity index (χ2n) is 3.57. The molecule has 1 rings (SSSR count). The van der Waals surface area contributed by atoms with Crippen molar-refractivity contribution in [1.82, 2.24) is 4.90 Å². The molecule has 0 aliphatic carbocycles. The Kier molecular flexibility index (Phi) is 3.74. The Bertz CT molecular complexity index is 186. The molecule has 2 atom stereocenters. The van der Waals surface area contributed by atoms with Crippen LogP contribution < -0.4 is 0 Å². The summed E-state index contributed by atoms with van der Waals surface area (Å²) < 4.78 is 37.2. The lowest BCUT2D eigenvalue weighted by Gasteiger charge is -2.19. The van der Waals surface area contributed by atoms with Gasteiger partial charge in [-0.3, -0.25) is 0 Å². The van der Waals surface area contributed by atoms with Gasteiger partial charge in [-0.05, 0) is 0 Å². The Morgan fingerprint density at radius 3 is 2.21 bits per heavy atom. The van der Waals surface area contributed by atoms with Gasteiger partial charge in [0.05, 0.1) is 12.5 Å². The topological polar surface area (TPSA) is 43.7 Å². The molecule has 0 unspecified atom stereocenters. The van der Waals surface area contributed by atoms with Crippen LogP contribution in [0.3, 0.4) is 0 Å².